The van der Waals surface area contributed by atoms with Crippen LogP contribution in [0.2, 0.25) is 5.02 Å². The third-order valence-electron chi connectivity index (χ3n) is 3.66. The van der Waals surface area contributed by atoms with E-state index in [1.165, 1.54) is 16.8 Å². The van der Waals surface area contributed by atoms with Crippen LogP contribution in [0.4, 0.5) is 4.39 Å². The van der Waals surface area contributed by atoms with Crippen LogP contribution in [-0.2, 0) is 0 Å². The second kappa shape index (κ2) is 4.82. The molecule has 1 aliphatic carbocycles. The lowest BCUT2D eigenvalue weighted by molar-refractivity contribution is 0.0972. The Hall–Kier alpha value is -2.86. The lowest BCUT2D eigenvalue weighted by Gasteiger charge is -2.14. The van der Waals surface area contributed by atoms with E-state index in [-0.39, 0.29) is 28.0 Å². The summed E-state index contributed by atoms with van der Waals surface area (Å²) < 4.78 is 14.5. The van der Waals surface area contributed by atoms with E-state index in [9.17, 15) is 14.0 Å². The first kappa shape index (κ1) is 13.8. The van der Waals surface area contributed by atoms with E-state index in [0.29, 0.717) is 16.8 Å². The number of hydrogen-bond acceptors (Lipinski definition) is 4. The third-order valence-corrected chi connectivity index (χ3v) is 3.95. The topological polar surface area (TPSA) is 64.8 Å². The van der Waals surface area contributed by atoms with E-state index >= 15 is 0 Å². The Balaban J connectivity index is 1.95. The molecule has 0 fully saturated rings. The van der Waals surface area contributed by atoms with Crippen LogP contribution in [0.1, 0.15) is 32.1 Å². The van der Waals surface area contributed by atoms with Gasteiger partial charge in [0.1, 0.15) is 11.5 Å². The number of rotatable bonds is 1. The van der Waals surface area contributed by atoms with Gasteiger partial charge in [0.05, 0.1) is 10.7 Å². The quantitative estimate of drug-likeness (QED) is 0.539. The summed E-state index contributed by atoms with van der Waals surface area (Å²) in [5.74, 6) is -1.31. The van der Waals surface area contributed by atoms with Crippen LogP contribution in [0, 0.1) is 5.82 Å². The number of ketones is 2. The second-order valence-electron chi connectivity index (χ2n) is 5.00. The first-order valence-corrected chi connectivity index (χ1v) is 7.05. The van der Waals surface area contributed by atoms with Gasteiger partial charge in [-0.25, -0.2) is 9.07 Å². The Kier molecular flexibility index (Phi) is 2.89. The highest BCUT2D eigenvalue weighted by Gasteiger charge is 2.35. The molecule has 5 nitrogen and oxygen atoms in total. The first-order chi connectivity index (χ1) is 11.1. The fraction of sp³-hybridized carbons (Fsp3) is 0. The lowest BCUT2D eigenvalue weighted by Crippen LogP contribution is -2.23. The molecule has 3 aromatic rings. The molecule has 0 unspecified atom stereocenters. The van der Waals surface area contributed by atoms with Gasteiger partial charge in [0.15, 0.2) is 5.69 Å². The van der Waals surface area contributed by atoms with Crippen LogP contribution in [0.15, 0.2) is 42.5 Å². The molecule has 0 bridgehead atoms. The van der Waals surface area contributed by atoms with Crippen LogP contribution in [-0.4, -0.2) is 26.6 Å². The van der Waals surface area contributed by atoms with Gasteiger partial charge in [0.2, 0.25) is 11.6 Å². The zero-order valence-electron chi connectivity index (χ0n) is 11.5. The summed E-state index contributed by atoms with van der Waals surface area (Å²) in [5.41, 5.74) is 0.979. The van der Waals surface area contributed by atoms with Crippen LogP contribution >= 0.6 is 11.6 Å². The molecule has 4 rings (SSSR count). The summed E-state index contributed by atoms with van der Waals surface area (Å²) in [6.07, 6.45) is 0. The van der Waals surface area contributed by atoms with Crippen molar-refractivity contribution in [1.82, 2.24) is 15.0 Å². The van der Waals surface area contributed by atoms with Crippen molar-refractivity contribution < 1.29 is 14.0 Å². The number of hydrogen-bond donors (Lipinski definition) is 0. The van der Waals surface area contributed by atoms with Gasteiger partial charge in [-0.1, -0.05) is 41.1 Å². The van der Waals surface area contributed by atoms with E-state index < -0.39 is 5.82 Å². The van der Waals surface area contributed by atoms with Crippen LogP contribution < -0.4 is 0 Å². The van der Waals surface area contributed by atoms with Gasteiger partial charge in [0.25, 0.3) is 0 Å². The molecule has 1 heterocycles. The van der Waals surface area contributed by atoms with Gasteiger partial charge in [0, 0.05) is 11.1 Å². The van der Waals surface area contributed by atoms with Crippen molar-refractivity contribution in [1.29, 1.82) is 0 Å². The Morgan fingerprint density at radius 2 is 1.70 bits per heavy atom. The predicted molar refractivity (Wildman–Crippen MR) is 79.6 cm³/mol. The molecule has 0 spiro atoms. The molecular weight excluding hydrogens is 321 g/mol. The van der Waals surface area contributed by atoms with Crippen molar-refractivity contribution in [2.24, 2.45) is 0 Å². The fourth-order valence-electron chi connectivity index (χ4n) is 2.57. The zero-order chi connectivity index (χ0) is 16.1. The summed E-state index contributed by atoms with van der Waals surface area (Å²) in [6, 6.07) is 10.4. The van der Waals surface area contributed by atoms with Gasteiger partial charge in [-0.15, -0.1) is 5.10 Å². The number of fused-ring (bicyclic) bond motifs is 2. The number of halogens is 2. The molecule has 0 amide bonds. The fourth-order valence-corrected chi connectivity index (χ4v) is 2.75. The Labute approximate surface area is 134 Å². The van der Waals surface area contributed by atoms with Crippen LogP contribution in [0.5, 0.6) is 0 Å². The lowest BCUT2D eigenvalue weighted by atomic mass is 9.90. The van der Waals surface area contributed by atoms with Gasteiger partial charge in [-0.05, 0) is 18.2 Å². The summed E-state index contributed by atoms with van der Waals surface area (Å²) in [5, 5.41) is 7.58. The summed E-state index contributed by atoms with van der Waals surface area (Å²) in [4.78, 5) is 25.2. The maximum atomic E-state index is 13.3. The molecule has 23 heavy (non-hydrogen) atoms. The Morgan fingerprint density at radius 3 is 2.39 bits per heavy atom. The monoisotopic (exact) mass is 327 g/mol. The van der Waals surface area contributed by atoms with Crippen molar-refractivity contribution in [3.63, 3.8) is 0 Å². The smallest absolute Gasteiger partial charge is 0.216 e. The standard InChI is InChI=1S/C16H7ClFN3O2/c17-11-7-8(5-6-12(11)18)21-14-13(19-20-21)15(22)9-3-1-2-4-10(9)16(14)23/h1-7H. The van der Waals surface area contributed by atoms with E-state index in [4.69, 9.17) is 11.6 Å². The van der Waals surface area contributed by atoms with Gasteiger partial charge < -0.3 is 0 Å². The molecule has 0 saturated carbocycles. The normalized spacial score (nSPS) is 13.0. The second-order valence-corrected chi connectivity index (χ2v) is 5.41. The number of carbonyl (C=O) groups is 2. The number of carbonyl (C=O) groups excluding carboxylic acids is 2. The molecule has 2 aromatic carbocycles. The molecule has 0 aliphatic heterocycles. The molecule has 0 N–H and O–H groups in total. The average Bonchev–Trinajstić information content (AvgIpc) is 3.00. The highest BCUT2D eigenvalue weighted by atomic mass is 35.5. The van der Waals surface area contributed by atoms with Gasteiger partial charge in [-0.3, -0.25) is 9.59 Å². The Bertz CT molecular complexity index is 997. The van der Waals surface area contributed by atoms with Crippen molar-refractivity contribution >= 4 is 23.2 Å². The molecule has 0 radical (unpaired) electrons. The molecular formula is C16H7ClFN3O2. The van der Waals surface area contributed by atoms with Gasteiger partial charge in [-0.2, -0.15) is 0 Å². The minimum absolute atomic E-state index is 0.0193. The summed E-state index contributed by atoms with van der Waals surface area (Å²) >= 11 is 5.77. The van der Waals surface area contributed by atoms with Crippen molar-refractivity contribution in [3.05, 3.63) is 75.8 Å². The highest BCUT2D eigenvalue weighted by Crippen LogP contribution is 2.28. The number of benzene rings is 2. The van der Waals surface area contributed by atoms with Crippen LogP contribution in [0.25, 0.3) is 5.69 Å². The number of nitrogens with zero attached hydrogens (tertiary/aromatic N) is 3. The van der Waals surface area contributed by atoms with E-state index in [1.54, 1.807) is 24.3 Å². The average molecular weight is 328 g/mol. The molecule has 0 atom stereocenters. The van der Waals surface area contributed by atoms with Crippen molar-refractivity contribution in [3.8, 4) is 5.69 Å². The van der Waals surface area contributed by atoms with Crippen molar-refractivity contribution in [2.45, 2.75) is 0 Å². The predicted octanol–water partition coefficient (Wildman–Crippen LogP) is 2.84. The van der Waals surface area contributed by atoms with E-state index in [2.05, 4.69) is 10.3 Å². The largest absolute Gasteiger partial charge is 0.287 e. The van der Waals surface area contributed by atoms with Gasteiger partial charge >= 0.3 is 0 Å². The molecule has 1 aromatic heterocycles. The number of aromatic nitrogens is 3. The van der Waals surface area contributed by atoms with Crippen molar-refractivity contribution in [2.75, 3.05) is 0 Å². The van der Waals surface area contributed by atoms with Crippen LogP contribution in [0.3, 0.4) is 0 Å². The molecule has 112 valence electrons. The molecule has 7 heteroatoms. The SMILES string of the molecule is O=C1c2ccccc2C(=O)c2c1nnn2-c1ccc(F)c(Cl)c1. The highest BCUT2D eigenvalue weighted by molar-refractivity contribution is 6.31. The third kappa shape index (κ3) is 1.92. The molecule has 1 aliphatic rings. The molecule has 0 saturated heterocycles. The maximum absolute atomic E-state index is 13.3. The Morgan fingerprint density at radius 1 is 1.00 bits per heavy atom. The van der Waals surface area contributed by atoms with E-state index in [0.717, 1.165) is 6.07 Å². The maximum Gasteiger partial charge on any atom is 0.216 e. The summed E-state index contributed by atoms with van der Waals surface area (Å²) in [6.45, 7) is 0. The summed E-state index contributed by atoms with van der Waals surface area (Å²) in [7, 11) is 0. The minimum Gasteiger partial charge on any atom is -0.287 e. The van der Waals surface area contributed by atoms with E-state index in [1.807, 2.05) is 0 Å². The zero-order valence-corrected chi connectivity index (χ0v) is 12.2. The first-order valence-electron chi connectivity index (χ1n) is 6.67. The minimum atomic E-state index is -0.586.